The van der Waals surface area contributed by atoms with Gasteiger partial charge in [-0.05, 0) is 12.5 Å². The molecule has 1 heterocycles. The molecule has 0 aliphatic carbocycles. The first-order chi connectivity index (χ1) is 9.45. The number of hydrogen-bond acceptors (Lipinski definition) is 6. The van der Waals surface area contributed by atoms with E-state index in [2.05, 4.69) is 4.98 Å². The Balaban J connectivity index is 2.28. The molecule has 0 spiro atoms. The minimum Gasteiger partial charge on any atom is -0.459 e. The van der Waals surface area contributed by atoms with Crippen molar-refractivity contribution in [3.63, 3.8) is 0 Å². The summed E-state index contributed by atoms with van der Waals surface area (Å²) >= 11 is 0. The van der Waals surface area contributed by atoms with Crippen LogP contribution in [0.25, 0.3) is 0 Å². The molecule has 0 amide bonds. The average Bonchev–Trinajstić information content (AvgIpc) is 2.87. The van der Waals surface area contributed by atoms with Gasteiger partial charge in [0.25, 0.3) is 0 Å². The van der Waals surface area contributed by atoms with E-state index in [0.717, 1.165) is 18.7 Å². The molecule has 0 fully saturated rings. The zero-order valence-corrected chi connectivity index (χ0v) is 11.9. The molecule has 1 aromatic heterocycles. The first kappa shape index (κ1) is 16.6. The van der Waals surface area contributed by atoms with Crippen molar-refractivity contribution in [2.75, 3.05) is 33.5 Å². The quantitative estimate of drug-likeness (QED) is 0.484. The molecule has 20 heavy (non-hydrogen) atoms. The first-order valence-electron chi connectivity index (χ1n) is 5.90. The molecule has 0 aromatic carbocycles. The van der Waals surface area contributed by atoms with Gasteiger partial charge < -0.3 is 19.2 Å². The first-order valence-corrected chi connectivity index (χ1v) is 7.45. The third kappa shape index (κ3) is 5.70. The predicted octanol–water partition coefficient (Wildman–Crippen LogP) is -0.128. The van der Waals surface area contributed by atoms with Gasteiger partial charge in [0.05, 0.1) is 6.61 Å². The van der Waals surface area contributed by atoms with E-state index in [9.17, 15) is 13.2 Å². The maximum absolute atomic E-state index is 11.6. The van der Waals surface area contributed by atoms with Crippen molar-refractivity contribution in [1.29, 1.82) is 0 Å². The van der Waals surface area contributed by atoms with Crippen LogP contribution in [0, 0.1) is 0 Å². The number of H-pyrrole nitrogens is 1. The Kier molecular flexibility index (Phi) is 6.65. The Morgan fingerprint density at radius 3 is 2.65 bits per heavy atom. The van der Waals surface area contributed by atoms with E-state index < -0.39 is 16.0 Å². The van der Waals surface area contributed by atoms with Crippen molar-refractivity contribution in [2.45, 2.75) is 11.3 Å². The van der Waals surface area contributed by atoms with Crippen molar-refractivity contribution < 1.29 is 27.4 Å². The second kappa shape index (κ2) is 8.00. The lowest BCUT2D eigenvalue weighted by molar-refractivity contribution is 0.0283. The highest BCUT2D eigenvalue weighted by Gasteiger charge is 2.15. The topological polar surface area (TPSA) is 121 Å². The van der Waals surface area contributed by atoms with Crippen molar-refractivity contribution in [2.24, 2.45) is 5.14 Å². The fourth-order valence-electron chi connectivity index (χ4n) is 1.34. The van der Waals surface area contributed by atoms with Gasteiger partial charge in [0, 0.05) is 26.5 Å². The fraction of sp³-hybridized carbons (Fsp3) is 0.545. The molecular weight excluding hydrogens is 288 g/mol. The van der Waals surface area contributed by atoms with Crippen LogP contribution in [-0.2, 0) is 24.2 Å². The van der Waals surface area contributed by atoms with Crippen LogP contribution in [-0.4, -0.2) is 52.9 Å². The number of hydrogen-bond donors (Lipinski definition) is 2. The van der Waals surface area contributed by atoms with E-state index >= 15 is 0 Å². The van der Waals surface area contributed by atoms with E-state index in [0.29, 0.717) is 13.2 Å². The lowest BCUT2D eigenvalue weighted by Crippen LogP contribution is -2.12. The van der Waals surface area contributed by atoms with Gasteiger partial charge in [-0.25, -0.2) is 18.4 Å². The molecule has 3 N–H and O–H groups in total. The van der Waals surface area contributed by atoms with Crippen LogP contribution >= 0.6 is 0 Å². The normalized spacial score (nSPS) is 11.5. The van der Waals surface area contributed by atoms with Gasteiger partial charge in [0.15, 0.2) is 0 Å². The number of esters is 1. The number of sulfonamides is 1. The highest BCUT2D eigenvalue weighted by Crippen LogP contribution is 2.09. The number of aromatic amines is 1. The van der Waals surface area contributed by atoms with Gasteiger partial charge in [-0.15, -0.1) is 0 Å². The standard InChI is InChI=1S/C11H18N2O6S/c1-17-3-2-4-18-5-6-19-11(14)10-7-9(8-13-10)20(12,15)16/h7-8,13H,2-6H2,1H3,(H2,12,15,16). The molecule has 0 radical (unpaired) electrons. The summed E-state index contributed by atoms with van der Waals surface area (Å²) in [5.74, 6) is -0.666. The molecule has 0 atom stereocenters. The van der Waals surface area contributed by atoms with Crippen LogP contribution in [0.5, 0.6) is 0 Å². The molecule has 0 saturated heterocycles. The number of carbonyl (C=O) groups excluding carboxylic acids is 1. The summed E-state index contributed by atoms with van der Waals surface area (Å²) in [6, 6.07) is 1.12. The minimum absolute atomic E-state index is 0.0217. The van der Waals surface area contributed by atoms with Crippen LogP contribution in [0.2, 0.25) is 0 Å². The van der Waals surface area contributed by atoms with Crippen LogP contribution in [0.15, 0.2) is 17.2 Å². The van der Waals surface area contributed by atoms with E-state index in [1.54, 1.807) is 7.11 Å². The van der Waals surface area contributed by atoms with Gasteiger partial charge in [-0.3, -0.25) is 0 Å². The van der Waals surface area contributed by atoms with E-state index in [1.165, 1.54) is 0 Å². The summed E-state index contributed by atoms with van der Waals surface area (Å²) < 4.78 is 37.0. The van der Waals surface area contributed by atoms with Crippen LogP contribution < -0.4 is 5.14 Å². The lowest BCUT2D eigenvalue weighted by Gasteiger charge is -2.05. The van der Waals surface area contributed by atoms with Crippen molar-refractivity contribution in [3.05, 3.63) is 18.0 Å². The average molecular weight is 306 g/mol. The molecular formula is C11H18N2O6S. The van der Waals surface area contributed by atoms with Crippen molar-refractivity contribution >= 4 is 16.0 Å². The van der Waals surface area contributed by atoms with Gasteiger partial charge in [0.2, 0.25) is 10.0 Å². The number of rotatable bonds is 9. The van der Waals surface area contributed by atoms with Crippen LogP contribution in [0.3, 0.4) is 0 Å². The van der Waals surface area contributed by atoms with E-state index in [4.69, 9.17) is 19.3 Å². The number of aromatic nitrogens is 1. The Bertz CT molecular complexity index is 525. The van der Waals surface area contributed by atoms with Gasteiger partial charge in [-0.1, -0.05) is 0 Å². The molecule has 1 aromatic rings. The summed E-state index contributed by atoms with van der Waals surface area (Å²) in [4.78, 5) is 13.9. The minimum atomic E-state index is -3.83. The number of ether oxygens (including phenoxy) is 3. The Morgan fingerprint density at radius 1 is 1.30 bits per heavy atom. The third-order valence-corrected chi connectivity index (χ3v) is 3.20. The lowest BCUT2D eigenvalue weighted by atomic mass is 10.4. The number of carbonyl (C=O) groups is 1. The Hall–Kier alpha value is -1.42. The Labute approximate surface area is 117 Å². The zero-order valence-electron chi connectivity index (χ0n) is 11.1. The van der Waals surface area contributed by atoms with Gasteiger partial charge in [0.1, 0.15) is 17.2 Å². The van der Waals surface area contributed by atoms with E-state index in [1.807, 2.05) is 0 Å². The van der Waals surface area contributed by atoms with Crippen molar-refractivity contribution in [1.82, 2.24) is 4.98 Å². The molecule has 0 aliphatic rings. The molecule has 9 heteroatoms. The molecule has 1 rings (SSSR count). The Morgan fingerprint density at radius 2 is 2.05 bits per heavy atom. The molecule has 114 valence electrons. The van der Waals surface area contributed by atoms with Crippen LogP contribution in [0.1, 0.15) is 16.9 Å². The monoisotopic (exact) mass is 306 g/mol. The molecule has 0 aliphatic heterocycles. The van der Waals surface area contributed by atoms with Crippen molar-refractivity contribution in [3.8, 4) is 0 Å². The molecule has 0 saturated carbocycles. The van der Waals surface area contributed by atoms with Gasteiger partial charge in [-0.2, -0.15) is 0 Å². The number of methoxy groups -OCH3 is 1. The molecule has 0 bridgehead atoms. The van der Waals surface area contributed by atoms with Crippen LogP contribution in [0.4, 0.5) is 0 Å². The second-order valence-corrected chi connectivity index (χ2v) is 5.45. The summed E-state index contributed by atoms with van der Waals surface area (Å²) in [7, 11) is -2.22. The third-order valence-electron chi connectivity index (χ3n) is 2.30. The summed E-state index contributed by atoms with van der Waals surface area (Å²) in [5, 5.41) is 4.92. The highest BCUT2D eigenvalue weighted by molar-refractivity contribution is 7.89. The fourth-order valence-corrected chi connectivity index (χ4v) is 1.84. The van der Waals surface area contributed by atoms with E-state index in [-0.39, 0.29) is 23.8 Å². The van der Waals surface area contributed by atoms with Gasteiger partial charge >= 0.3 is 5.97 Å². The predicted molar refractivity (Wildman–Crippen MR) is 69.8 cm³/mol. The number of primary sulfonamides is 1. The second-order valence-electron chi connectivity index (χ2n) is 3.89. The molecule has 8 nitrogen and oxygen atoms in total. The summed E-state index contributed by atoms with van der Waals surface area (Å²) in [5.41, 5.74) is 0.0217. The highest BCUT2D eigenvalue weighted by atomic mass is 32.2. The SMILES string of the molecule is COCCCOCCOC(=O)c1cc(S(N)(=O)=O)c[nH]1. The zero-order chi connectivity index (χ0) is 15.0. The largest absolute Gasteiger partial charge is 0.459 e. The maximum atomic E-state index is 11.6. The maximum Gasteiger partial charge on any atom is 0.354 e. The summed E-state index contributed by atoms with van der Waals surface area (Å²) in [6.45, 7) is 1.47. The summed E-state index contributed by atoms with van der Waals surface area (Å²) in [6.07, 6.45) is 1.89. The number of nitrogens with two attached hydrogens (primary N) is 1. The number of nitrogens with one attached hydrogen (secondary N) is 1. The smallest absolute Gasteiger partial charge is 0.354 e. The molecule has 0 unspecified atom stereocenters.